The number of aliphatic hydroxyl groups is 3. The lowest BCUT2D eigenvalue weighted by atomic mass is 9.99. The average Bonchev–Trinajstić information content (AvgIpc) is 2.94. The number of aliphatic hydroxyl groups excluding tert-OH is 3. The molecule has 0 aromatic heterocycles. The van der Waals surface area contributed by atoms with E-state index in [1.54, 1.807) is 12.1 Å². The van der Waals surface area contributed by atoms with Gasteiger partial charge in [-0.3, -0.25) is 4.79 Å². The monoisotopic (exact) mass is 570 g/mol. The molecule has 0 spiro atoms. The van der Waals surface area contributed by atoms with Gasteiger partial charge in [0.2, 0.25) is 6.29 Å². The number of allylic oxidation sites excluding steroid dienone is 1. The molecule has 13 nitrogen and oxygen atoms in total. The van der Waals surface area contributed by atoms with Crippen molar-refractivity contribution in [2.75, 3.05) is 6.61 Å². The van der Waals surface area contributed by atoms with Gasteiger partial charge in [0, 0.05) is 6.07 Å². The first-order valence-electron chi connectivity index (χ1n) is 12.1. The number of rotatable bonds is 8. The van der Waals surface area contributed by atoms with Gasteiger partial charge in [-0.25, -0.2) is 4.79 Å². The zero-order chi connectivity index (χ0) is 29.8. The van der Waals surface area contributed by atoms with Gasteiger partial charge in [-0.05, 0) is 48.0 Å². The molecule has 0 aliphatic carbocycles. The van der Waals surface area contributed by atoms with Crippen molar-refractivity contribution in [1.29, 1.82) is 0 Å². The maximum atomic E-state index is 12.5. The first kappa shape index (κ1) is 29.2. The minimum atomic E-state index is -1.79. The quantitative estimate of drug-likeness (QED) is 0.0825. The molecular weight excluding hydrogens is 544 g/mol. The summed E-state index contributed by atoms with van der Waals surface area (Å²) >= 11 is 0. The number of hydrogen-bond donors (Lipinski definition) is 8. The van der Waals surface area contributed by atoms with Crippen LogP contribution in [0, 0.1) is 0 Å². The Morgan fingerprint density at radius 3 is 2.10 bits per heavy atom. The van der Waals surface area contributed by atoms with Crippen LogP contribution in [0.5, 0.6) is 34.5 Å². The lowest BCUT2D eigenvalue weighted by Gasteiger charge is -2.39. The highest BCUT2D eigenvalue weighted by Crippen LogP contribution is 2.35. The summed E-state index contributed by atoms with van der Waals surface area (Å²) in [6, 6.07) is 11.4. The molecule has 1 heterocycles. The summed E-state index contributed by atoms with van der Waals surface area (Å²) in [5.41, 5.74) is 0.239. The van der Waals surface area contributed by atoms with Crippen molar-refractivity contribution in [2.24, 2.45) is 0 Å². The van der Waals surface area contributed by atoms with Crippen molar-refractivity contribution in [1.82, 2.24) is 0 Å². The molecule has 0 amide bonds. The fourth-order valence-electron chi connectivity index (χ4n) is 3.89. The predicted octanol–water partition coefficient (Wildman–Crippen LogP) is 1.15. The maximum absolute atomic E-state index is 12.5. The van der Waals surface area contributed by atoms with E-state index < -0.39 is 72.1 Å². The summed E-state index contributed by atoms with van der Waals surface area (Å²) in [4.78, 5) is 24.8. The van der Waals surface area contributed by atoms with Crippen LogP contribution in [0.15, 0.2) is 60.7 Å². The Morgan fingerprint density at radius 2 is 1.46 bits per heavy atom. The van der Waals surface area contributed by atoms with Crippen LogP contribution in [0.25, 0.3) is 6.08 Å². The van der Waals surface area contributed by atoms with Crippen LogP contribution in [0.3, 0.4) is 0 Å². The third-order valence-electron chi connectivity index (χ3n) is 6.16. The highest BCUT2D eigenvalue weighted by Gasteiger charge is 2.45. The van der Waals surface area contributed by atoms with Crippen molar-refractivity contribution in [3.05, 3.63) is 77.4 Å². The number of hydrogen-bond acceptors (Lipinski definition) is 13. The second-order valence-corrected chi connectivity index (χ2v) is 9.06. The molecule has 13 heteroatoms. The van der Waals surface area contributed by atoms with E-state index >= 15 is 0 Å². The van der Waals surface area contributed by atoms with Crippen LogP contribution in [0.1, 0.15) is 26.3 Å². The summed E-state index contributed by atoms with van der Waals surface area (Å²) in [5.74, 6) is -4.46. The Bertz CT molecular complexity index is 1430. The van der Waals surface area contributed by atoms with Gasteiger partial charge in [0.15, 0.2) is 23.0 Å². The Morgan fingerprint density at radius 1 is 0.805 bits per heavy atom. The number of phenols is 5. The van der Waals surface area contributed by atoms with Crippen molar-refractivity contribution in [3.8, 4) is 34.5 Å². The van der Waals surface area contributed by atoms with Crippen molar-refractivity contribution in [3.63, 3.8) is 0 Å². The number of ketones is 1. The molecule has 0 unspecified atom stereocenters. The molecule has 5 atom stereocenters. The van der Waals surface area contributed by atoms with Crippen LogP contribution in [0.2, 0.25) is 0 Å². The molecule has 8 N–H and O–H groups in total. The van der Waals surface area contributed by atoms with E-state index in [0.717, 1.165) is 18.2 Å². The smallest absolute Gasteiger partial charge is 0.338 e. The number of esters is 1. The standard InChI is InChI=1S/C28H26O13/c29-15-4-1-13(2-5-15)3-8-18(30)17-7-6-16(11-19(17)31)40-28-26(37)25(36)24(35)22(41-28)12-39-27(38)14-9-20(32)23(34)21(33)10-14/h1-11,22,24-26,28-29,31-37H,12H2/t22-,24-,25+,26-,28-/m1/s1. The summed E-state index contributed by atoms with van der Waals surface area (Å²) in [6.07, 6.45) is -5.56. The minimum absolute atomic E-state index is 0.0657. The van der Waals surface area contributed by atoms with Crippen LogP contribution in [-0.2, 0) is 9.47 Å². The molecule has 0 radical (unpaired) electrons. The van der Waals surface area contributed by atoms with Crippen LogP contribution in [-0.4, -0.2) is 89.9 Å². The molecule has 3 aromatic rings. The molecular formula is C28H26O13. The third-order valence-corrected chi connectivity index (χ3v) is 6.16. The minimum Gasteiger partial charge on any atom is -0.508 e. The van der Waals surface area contributed by atoms with Gasteiger partial charge in [0.05, 0.1) is 11.1 Å². The summed E-state index contributed by atoms with van der Waals surface area (Å²) in [7, 11) is 0. The van der Waals surface area contributed by atoms with Gasteiger partial charge in [0.25, 0.3) is 0 Å². The van der Waals surface area contributed by atoms with Gasteiger partial charge in [-0.2, -0.15) is 0 Å². The molecule has 3 aromatic carbocycles. The van der Waals surface area contributed by atoms with Gasteiger partial charge in [-0.15, -0.1) is 0 Å². The highest BCUT2D eigenvalue weighted by molar-refractivity contribution is 6.08. The molecule has 1 aliphatic rings. The molecule has 0 bridgehead atoms. The Balaban J connectivity index is 1.41. The van der Waals surface area contributed by atoms with Crippen LogP contribution in [0.4, 0.5) is 0 Å². The van der Waals surface area contributed by atoms with Gasteiger partial charge in [0.1, 0.15) is 48.3 Å². The van der Waals surface area contributed by atoms with E-state index in [2.05, 4.69) is 0 Å². The number of carbonyl (C=O) groups excluding carboxylic acids is 2. The Kier molecular flexibility index (Phi) is 8.64. The SMILES string of the molecule is O=C(OC[C@H]1O[C@@H](Oc2ccc(C(=O)C=Cc3ccc(O)cc3)c(O)c2)[C@H](O)[C@@H](O)[C@@H]1O)c1cc(O)c(O)c(O)c1. The molecule has 216 valence electrons. The maximum Gasteiger partial charge on any atom is 0.338 e. The average molecular weight is 571 g/mol. The van der Waals surface area contributed by atoms with E-state index in [4.69, 9.17) is 14.2 Å². The fourth-order valence-corrected chi connectivity index (χ4v) is 3.89. The predicted molar refractivity (Wildman–Crippen MR) is 139 cm³/mol. The first-order valence-corrected chi connectivity index (χ1v) is 12.1. The van der Waals surface area contributed by atoms with Crippen molar-refractivity contribution in [2.45, 2.75) is 30.7 Å². The second kappa shape index (κ2) is 12.1. The third kappa shape index (κ3) is 6.67. The van der Waals surface area contributed by atoms with Gasteiger partial charge in [-0.1, -0.05) is 18.2 Å². The number of benzene rings is 3. The molecule has 0 saturated carbocycles. The first-order chi connectivity index (χ1) is 19.4. The zero-order valence-electron chi connectivity index (χ0n) is 21.1. The number of aromatic hydroxyl groups is 5. The molecule has 4 rings (SSSR count). The van der Waals surface area contributed by atoms with Gasteiger partial charge >= 0.3 is 5.97 Å². The van der Waals surface area contributed by atoms with Crippen LogP contribution < -0.4 is 4.74 Å². The van der Waals surface area contributed by atoms with Crippen LogP contribution >= 0.6 is 0 Å². The topological polar surface area (TPSA) is 224 Å². The largest absolute Gasteiger partial charge is 0.508 e. The Labute approximate surface area is 232 Å². The molecule has 1 fully saturated rings. The second-order valence-electron chi connectivity index (χ2n) is 9.06. The van der Waals surface area contributed by atoms with Crippen molar-refractivity contribution >= 4 is 17.8 Å². The normalized spacial score (nSPS) is 22.4. The molecule has 41 heavy (non-hydrogen) atoms. The van der Waals surface area contributed by atoms with E-state index in [-0.39, 0.29) is 22.6 Å². The summed E-state index contributed by atoms with van der Waals surface area (Å²) in [6.45, 7) is -0.655. The number of ether oxygens (including phenoxy) is 3. The van der Waals surface area contributed by atoms with Crippen molar-refractivity contribution < 1.29 is 64.7 Å². The Hall–Kier alpha value is -4.82. The van der Waals surface area contributed by atoms with E-state index in [1.807, 2.05) is 0 Å². The fraction of sp³-hybridized carbons (Fsp3) is 0.214. The van der Waals surface area contributed by atoms with E-state index in [9.17, 15) is 50.4 Å². The number of phenolic OH excluding ortho intramolecular Hbond substituents is 5. The zero-order valence-corrected chi connectivity index (χ0v) is 21.1. The van der Waals surface area contributed by atoms with E-state index in [0.29, 0.717) is 5.56 Å². The lowest BCUT2D eigenvalue weighted by molar-refractivity contribution is -0.277. The highest BCUT2D eigenvalue weighted by atomic mass is 16.7. The summed E-state index contributed by atoms with van der Waals surface area (Å²) in [5, 5.41) is 79.2. The molecule has 1 saturated heterocycles. The van der Waals surface area contributed by atoms with E-state index in [1.165, 1.54) is 36.4 Å². The van der Waals surface area contributed by atoms with Gasteiger partial charge < -0.3 is 55.1 Å². The number of carbonyl (C=O) groups is 2. The lowest BCUT2D eigenvalue weighted by Crippen LogP contribution is -2.60. The summed E-state index contributed by atoms with van der Waals surface area (Å²) < 4.78 is 16.0. The molecule has 1 aliphatic heterocycles.